The largest absolute Gasteiger partial charge is 0.472 e. The zero-order valence-electron chi connectivity index (χ0n) is 15.8. The van der Waals surface area contributed by atoms with Gasteiger partial charge in [0.05, 0.1) is 47.2 Å². The van der Waals surface area contributed by atoms with Gasteiger partial charge >= 0.3 is 11.6 Å². The summed E-state index contributed by atoms with van der Waals surface area (Å²) in [7, 11) is 0. The van der Waals surface area contributed by atoms with Crippen molar-refractivity contribution in [1.29, 1.82) is 0 Å². The molecule has 0 aliphatic carbocycles. The molecule has 12 heteroatoms. The molecule has 1 saturated heterocycles. The summed E-state index contributed by atoms with van der Waals surface area (Å²) in [6.45, 7) is 2.47. The van der Waals surface area contributed by atoms with Crippen LogP contribution >= 0.6 is 23.2 Å². The maximum absolute atomic E-state index is 11.5. The van der Waals surface area contributed by atoms with Crippen molar-refractivity contribution in [3.8, 4) is 5.88 Å². The van der Waals surface area contributed by atoms with Crippen molar-refractivity contribution in [2.45, 2.75) is 44.8 Å². The van der Waals surface area contributed by atoms with Crippen molar-refractivity contribution in [3.63, 3.8) is 0 Å². The summed E-state index contributed by atoms with van der Waals surface area (Å²) >= 11 is 11.8. The summed E-state index contributed by atoms with van der Waals surface area (Å²) in [6, 6.07) is -0.385. The van der Waals surface area contributed by atoms with Gasteiger partial charge in [-0.3, -0.25) is 14.8 Å². The van der Waals surface area contributed by atoms with Gasteiger partial charge in [-0.15, -0.1) is 5.10 Å². The number of aromatic nitrogens is 4. The summed E-state index contributed by atoms with van der Waals surface area (Å²) < 4.78 is 12.3. The number of halogens is 2. The number of hydrogen-bond donors (Lipinski definition) is 1. The Balaban J connectivity index is 1.62. The number of nitro groups is 1. The lowest BCUT2D eigenvalue weighted by Crippen LogP contribution is -2.35. The maximum atomic E-state index is 11.5. The first-order valence-corrected chi connectivity index (χ1v) is 9.93. The molecule has 1 N–H and O–H groups in total. The first-order chi connectivity index (χ1) is 13.9. The van der Waals surface area contributed by atoms with Crippen LogP contribution < -0.4 is 4.74 Å². The Hall–Kier alpha value is -2.01. The molecule has 0 spiro atoms. The van der Waals surface area contributed by atoms with Crippen molar-refractivity contribution >= 4 is 28.9 Å². The van der Waals surface area contributed by atoms with Crippen LogP contribution in [0.1, 0.15) is 36.7 Å². The molecule has 0 radical (unpaired) electrons. The Bertz CT molecular complexity index is 878. The number of rotatable bonds is 8. The van der Waals surface area contributed by atoms with Crippen molar-refractivity contribution in [3.05, 3.63) is 38.0 Å². The summed E-state index contributed by atoms with van der Waals surface area (Å²) in [5.41, 5.74) is 0.805. The van der Waals surface area contributed by atoms with Gasteiger partial charge in [0.1, 0.15) is 5.69 Å². The number of aliphatic hydroxyl groups is 1. The molecule has 0 aromatic carbocycles. The van der Waals surface area contributed by atoms with E-state index in [0.29, 0.717) is 48.7 Å². The third-order valence-electron chi connectivity index (χ3n) is 4.71. The smallest absolute Gasteiger partial charge is 0.352 e. The van der Waals surface area contributed by atoms with Gasteiger partial charge in [-0.25, -0.2) is 9.97 Å². The van der Waals surface area contributed by atoms with E-state index >= 15 is 0 Å². The highest BCUT2D eigenvalue weighted by molar-refractivity contribution is 6.31. The van der Waals surface area contributed by atoms with E-state index in [4.69, 9.17) is 32.7 Å². The average Bonchev–Trinajstić information content (AvgIpc) is 3.01. The molecule has 0 saturated carbocycles. The van der Waals surface area contributed by atoms with E-state index in [9.17, 15) is 15.2 Å². The fourth-order valence-corrected chi connectivity index (χ4v) is 3.56. The molecule has 0 bridgehead atoms. The Labute approximate surface area is 176 Å². The molecular weight excluding hydrogens is 425 g/mol. The zero-order valence-corrected chi connectivity index (χ0v) is 17.3. The van der Waals surface area contributed by atoms with Crippen LogP contribution in [-0.2, 0) is 11.2 Å². The van der Waals surface area contributed by atoms with Gasteiger partial charge in [-0.05, 0) is 44.2 Å². The molecule has 2 aromatic rings. The molecule has 10 nitrogen and oxygen atoms in total. The monoisotopic (exact) mass is 445 g/mol. The molecule has 1 aliphatic rings. The fourth-order valence-electron chi connectivity index (χ4n) is 3.23. The quantitative estimate of drug-likeness (QED) is 0.284. The fraction of sp³-hybridized carbons (Fsp3) is 0.588. The van der Waals surface area contributed by atoms with E-state index in [1.54, 1.807) is 6.92 Å². The van der Waals surface area contributed by atoms with Crippen LogP contribution in [0.15, 0.2) is 6.20 Å². The predicted molar refractivity (Wildman–Crippen MR) is 105 cm³/mol. The summed E-state index contributed by atoms with van der Waals surface area (Å²) in [6.07, 6.45) is 3.07. The highest BCUT2D eigenvalue weighted by Gasteiger charge is 2.33. The normalized spacial score (nSPS) is 19.3. The number of nitrogens with zero attached hydrogens (tertiary/aromatic N) is 5. The molecule has 0 amide bonds. The van der Waals surface area contributed by atoms with Crippen LogP contribution in [0.3, 0.4) is 0 Å². The zero-order chi connectivity index (χ0) is 21.0. The second-order valence-electron chi connectivity index (χ2n) is 6.68. The number of unbranched alkanes of at least 4 members (excludes halogenated alkanes) is 1. The standard InChI is InChI=1S/C17H21Cl2N5O5/c1-10-15(24(26)27)16(22-23(10)13-5-7-28-9-14(13)25)29-6-3-2-4-12-11(18)8-20-17(19)21-12/h8,13-14,25H,2-7,9H2,1H3. The summed E-state index contributed by atoms with van der Waals surface area (Å²) in [5, 5.41) is 26.5. The van der Waals surface area contributed by atoms with Gasteiger partial charge in [0, 0.05) is 6.61 Å². The van der Waals surface area contributed by atoms with Gasteiger partial charge in [0.25, 0.3) is 0 Å². The molecule has 1 fully saturated rings. The summed E-state index contributed by atoms with van der Waals surface area (Å²) in [4.78, 5) is 18.9. The van der Waals surface area contributed by atoms with E-state index in [-0.39, 0.29) is 36.1 Å². The summed E-state index contributed by atoms with van der Waals surface area (Å²) in [5.74, 6) is -0.0469. The number of ether oxygens (including phenoxy) is 2. The van der Waals surface area contributed by atoms with Crippen molar-refractivity contribution in [2.24, 2.45) is 0 Å². The van der Waals surface area contributed by atoms with E-state index < -0.39 is 11.0 Å². The number of hydrogen-bond acceptors (Lipinski definition) is 8. The lowest BCUT2D eigenvalue weighted by atomic mass is 10.1. The Kier molecular flexibility index (Phi) is 7.23. The SMILES string of the molecule is Cc1c([N+](=O)[O-])c(OCCCCc2nc(Cl)ncc2Cl)nn1C1CCOCC1O. The van der Waals surface area contributed by atoms with E-state index in [2.05, 4.69) is 15.1 Å². The topological polar surface area (TPSA) is 125 Å². The molecular formula is C17H21Cl2N5O5. The van der Waals surface area contributed by atoms with Crippen molar-refractivity contribution < 1.29 is 19.5 Å². The maximum Gasteiger partial charge on any atom is 0.352 e. The van der Waals surface area contributed by atoms with Crippen molar-refractivity contribution in [1.82, 2.24) is 19.7 Å². The predicted octanol–water partition coefficient (Wildman–Crippen LogP) is 2.92. The van der Waals surface area contributed by atoms with E-state index in [0.717, 1.165) is 0 Å². The molecule has 2 atom stereocenters. The minimum atomic E-state index is -0.778. The van der Waals surface area contributed by atoms with Crippen LogP contribution in [-0.4, -0.2) is 55.7 Å². The Morgan fingerprint density at radius 1 is 1.45 bits per heavy atom. The Morgan fingerprint density at radius 2 is 2.24 bits per heavy atom. The molecule has 3 rings (SSSR count). The van der Waals surface area contributed by atoms with Crippen LogP contribution in [0.2, 0.25) is 10.3 Å². The highest BCUT2D eigenvalue weighted by Crippen LogP contribution is 2.34. The van der Waals surface area contributed by atoms with Gasteiger partial charge in [-0.2, -0.15) is 0 Å². The highest BCUT2D eigenvalue weighted by atomic mass is 35.5. The van der Waals surface area contributed by atoms with E-state index in [1.165, 1.54) is 10.9 Å². The lowest BCUT2D eigenvalue weighted by Gasteiger charge is -2.28. The second-order valence-corrected chi connectivity index (χ2v) is 7.42. The van der Waals surface area contributed by atoms with Gasteiger partial charge in [-0.1, -0.05) is 11.6 Å². The van der Waals surface area contributed by atoms with Gasteiger partial charge in [0.2, 0.25) is 5.28 Å². The first-order valence-electron chi connectivity index (χ1n) is 9.17. The van der Waals surface area contributed by atoms with Crippen LogP contribution in [0.5, 0.6) is 5.88 Å². The number of aliphatic hydroxyl groups excluding tert-OH is 1. The third-order valence-corrected chi connectivity index (χ3v) is 5.21. The number of aryl methyl sites for hydroxylation is 1. The van der Waals surface area contributed by atoms with Crippen LogP contribution in [0, 0.1) is 17.0 Å². The van der Waals surface area contributed by atoms with Crippen LogP contribution in [0.4, 0.5) is 5.69 Å². The molecule has 3 heterocycles. The van der Waals surface area contributed by atoms with Crippen LogP contribution in [0.25, 0.3) is 0 Å². The molecule has 29 heavy (non-hydrogen) atoms. The van der Waals surface area contributed by atoms with Gasteiger partial charge in [0.15, 0.2) is 0 Å². The molecule has 158 valence electrons. The van der Waals surface area contributed by atoms with Gasteiger partial charge < -0.3 is 14.6 Å². The third kappa shape index (κ3) is 5.13. The molecule has 1 aliphatic heterocycles. The Morgan fingerprint density at radius 3 is 2.97 bits per heavy atom. The lowest BCUT2D eigenvalue weighted by molar-refractivity contribution is -0.386. The molecule has 2 unspecified atom stereocenters. The minimum absolute atomic E-state index is 0.0469. The van der Waals surface area contributed by atoms with Crippen molar-refractivity contribution in [2.75, 3.05) is 19.8 Å². The first kappa shape index (κ1) is 21.7. The second kappa shape index (κ2) is 9.66. The molecule has 2 aromatic heterocycles. The van der Waals surface area contributed by atoms with E-state index in [1.807, 2.05) is 0 Å². The minimum Gasteiger partial charge on any atom is -0.472 e. The average molecular weight is 446 g/mol.